The highest BCUT2D eigenvalue weighted by Gasteiger charge is 2.16. The van der Waals surface area contributed by atoms with Crippen molar-refractivity contribution in [1.29, 1.82) is 0 Å². The van der Waals surface area contributed by atoms with E-state index < -0.39 is 0 Å². The number of halogens is 1. The van der Waals surface area contributed by atoms with Crippen LogP contribution in [0.4, 0.5) is 4.39 Å². The molecule has 0 aliphatic rings. The summed E-state index contributed by atoms with van der Waals surface area (Å²) in [7, 11) is 0. The summed E-state index contributed by atoms with van der Waals surface area (Å²) in [6.07, 6.45) is 0.757. The number of nitrogens with one attached hydrogen (secondary N) is 2. The lowest BCUT2D eigenvalue weighted by Crippen LogP contribution is -2.32. The third-order valence-corrected chi connectivity index (χ3v) is 5.31. The van der Waals surface area contributed by atoms with Crippen LogP contribution >= 0.6 is 11.8 Å². The lowest BCUT2D eigenvalue weighted by molar-refractivity contribution is 0.0951. The van der Waals surface area contributed by atoms with Crippen molar-refractivity contribution in [3.05, 3.63) is 68.4 Å². The first-order chi connectivity index (χ1) is 11.9. The minimum absolute atomic E-state index is 0.183. The number of H-pyrrole nitrogens is 1. The second kappa shape index (κ2) is 8.85. The van der Waals surface area contributed by atoms with E-state index in [1.807, 2.05) is 19.9 Å². The van der Waals surface area contributed by atoms with Gasteiger partial charge in [-0.2, -0.15) is 11.8 Å². The van der Waals surface area contributed by atoms with Gasteiger partial charge in [-0.25, -0.2) is 4.39 Å². The predicted octanol–water partition coefficient (Wildman–Crippen LogP) is 3.49. The van der Waals surface area contributed by atoms with Crippen LogP contribution in [0.1, 0.15) is 39.2 Å². The average molecular weight is 362 g/mol. The number of aryl methyl sites for hydroxylation is 1. The maximum Gasteiger partial charge on any atom is 0.261 e. The predicted molar refractivity (Wildman–Crippen MR) is 101 cm³/mol. The molecule has 2 rings (SSSR count). The number of pyridine rings is 1. The highest BCUT2D eigenvalue weighted by Crippen LogP contribution is 2.16. The molecule has 0 fully saturated rings. The average Bonchev–Trinajstić information content (AvgIpc) is 2.57. The lowest BCUT2D eigenvalue weighted by atomic mass is 10.0. The van der Waals surface area contributed by atoms with E-state index in [-0.39, 0.29) is 22.8 Å². The SMILES string of the molecule is Cc1[nH]c(=O)c(C(=O)NCCCSCc2ccccc2F)c(C)c1C. The molecule has 1 aromatic heterocycles. The molecule has 1 heterocycles. The van der Waals surface area contributed by atoms with Gasteiger partial charge < -0.3 is 10.3 Å². The molecule has 1 aromatic carbocycles. The van der Waals surface area contributed by atoms with Crippen molar-refractivity contribution in [1.82, 2.24) is 10.3 Å². The number of aromatic amines is 1. The van der Waals surface area contributed by atoms with Gasteiger partial charge in [-0.3, -0.25) is 9.59 Å². The topological polar surface area (TPSA) is 62.0 Å². The molecule has 6 heteroatoms. The van der Waals surface area contributed by atoms with Gasteiger partial charge in [0, 0.05) is 18.0 Å². The standard InChI is InChI=1S/C19H23FN2O2S/c1-12-13(2)17(19(24)22-14(12)3)18(23)21-9-6-10-25-11-15-7-4-5-8-16(15)20/h4-5,7-8H,6,9-11H2,1-3H3,(H,21,23)(H,22,24). The Kier molecular flexibility index (Phi) is 6.82. The van der Waals surface area contributed by atoms with Gasteiger partial charge in [-0.1, -0.05) is 18.2 Å². The molecule has 0 radical (unpaired) electrons. The summed E-state index contributed by atoms with van der Waals surface area (Å²) in [4.78, 5) is 27.0. The maximum atomic E-state index is 13.5. The van der Waals surface area contributed by atoms with E-state index in [4.69, 9.17) is 0 Å². The Morgan fingerprint density at radius 3 is 2.64 bits per heavy atom. The van der Waals surface area contributed by atoms with E-state index in [2.05, 4.69) is 10.3 Å². The minimum Gasteiger partial charge on any atom is -0.352 e. The van der Waals surface area contributed by atoms with Crippen molar-refractivity contribution in [2.75, 3.05) is 12.3 Å². The fraction of sp³-hybridized carbons (Fsp3) is 0.368. The first-order valence-electron chi connectivity index (χ1n) is 8.21. The molecule has 0 saturated carbocycles. The summed E-state index contributed by atoms with van der Waals surface area (Å²) in [5, 5.41) is 2.79. The van der Waals surface area contributed by atoms with Crippen LogP contribution in [0, 0.1) is 26.6 Å². The molecule has 0 spiro atoms. The van der Waals surface area contributed by atoms with Crippen LogP contribution < -0.4 is 10.9 Å². The Bertz CT molecular complexity index is 818. The molecule has 25 heavy (non-hydrogen) atoms. The number of thioether (sulfide) groups is 1. The monoisotopic (exact) mass is 362 g/mol. The lowest BCUT2D eigenvalue weighted by Gasteiger charge is -2.11. The van der Waals surface area contributed by atoms with Gasteiger partial charge in [0.15, 0.2) is 0 Å². The normalized spacial score (nSPS) is 10.7. The quantitative estimate of drug-likeness (QED) is 0.741. The largest absolute Gasteiger partial charge is 0.352 e. The molecule has 0 bridgehead atoms. The summed E-state index contributed by atoms with van der Waals surface area (Å²) in [6, 6.07) is 6.73. The third kappa shape index (κ3) is 4.95. The Morgan fingerprint density at radius 2 is 1.92 bits per heavy atom. The minimum atomic E-state index is -0.355. The van der Waals surface area contributed by atoms with Gasteiger partial charge in [0.2, 0.25) is 0 Å². The van der Waals surface area contributed by atoms with E-state index in [1.54, 1.807) is 30.8 Å². The molecule has 2 aromatic rings. The van der Waals surface area contributed by atoms with Gasteiger partial charge in [-0.15, -0.1) is 0 Å². The fourth-order valence-electron chi connectivity index (χ4n) is 2.50. The van der Waals surface area contributed by atoms with Gasteiger partial charge in [0.1, 0.15) is 11.4 Å². The highest BCUT2D eigenvalue weighted by molar-refractivity contribution is 7.98. The van der Waals surface area contributed by atoms with E-state index in [1.165, 1.54) is 6.07 Å². The first kappa shape index (κ1) is 19.2. The van der Waals surface area contributed by atoms with Crippen molar-refractivity contribution >= 4 is 17.7 Å². The van der Waals surface area contributed by atoms with Crippen LogP contribution in [0.15, 0.2) is 29.1 Å². The summed E-state index contributed by atoms with van der Waals surface area (Å²) >= 11 is 1.62. The first-order valence-corrected chi connectivity index (χ1v) is 9.36. The summed E-state index contributed by atoms with van der Waals surface area (Å²) in [5.41, 5.74) is 2.93. The molecule has 0 atom stereocenters. The van der Waals surface area contributed by atoms with Gasteiger partial charge >= 0.3 is 0 Å². The van der Waals surface area contributed by atoms with E-state index in [0.29, 0.717) is 23.4 Å². The molecule has 134 valence electrons. The third-order valence-electron chi connectivity index (χ3n) is 4.22. The van der Waals surface area contributed by atoms with Gasteiger partial charge in [0.05, 0.1) is 0 Å². The zero-order chi connectivity index (χ0) is 18.4. The Morgan fingerprint density at radius 1 is 1.20 bits per heavy atom. The molecular formula is C19H23FN2O2S. The summed E-state index contributed by atoms with van der Waals surface area (Å²) in [6.45, 7) is 5.97. The number of carbonyl (C=O) groups is 1. The molecule has 1 amide bonds. The van der Waals surface area contributed by atoms with Crippen molar-refractivity contribution in [3.8, 4) is 0 Å². The number of hydrogen-bond donors (Lipinski definition) is 2. The van der Waals surface area contributed by atoms with E-state index >= 15 is 0 Å². The number of hydrogen-bond acceptors (Lipinski definition) is 3. The van der Waals surface area contributed by atoms with Crippen molar-refractivity contribution in [2.45, 2.75) is 32.9 Å². The molecular weight excluding hydrogens is 339 g/mol. The van der Waals surface area contributed by atoms with Crippen LogP contribution in [-0.4, -0.2) is 23.2 Å². The number of aromatic nitrogens is 1. The van der Waals surface area contributed by atoms with Crippen LogP contribution in [0.2, 0.25) is 0 Å². The fourth-order valence-corrected chi connectivity index (χ4v) is 3.45. The molecule has 0 aliphatic carbocycles. The number of rotatable bonds is 7. The molecule has 0 unspecified atom stereocenters. The number of benzene rings is 1. The van der Waals surface area contributed by atoms with Gasteiger partial charge in [0.25, 0.3) is 11.5 Å². The Balaban J connectivity index is 1.79. The molecule has 2 N–H and O–H groups in total. The second-order valence-corrected chi connectivity index (χ2v) is 7.06. The highest BCUT2D eigenvalue weighted by atomic mass is 32.2. The molecule has 4 nitrogen and oxygen atoms in total. The molecule has 0 saturated heterocycles. The van der Waals surface area contributed by atoms with Crippen LogP contribution in [0.3, 0.4) is 0 Å². The zero-order valence-electron chi connectivity index (χ0n) is 14.7. The number of carbonyl (C=O) groups excluding carboxylic acids is 1. The van der Waals surface area contributed by atoms with Crippen molar-refractivity contribution in [3.63, 3.8) is 0 Å². The summed E-state index contributed by atoms with van der Waals surface area (Å²) < 4.78 is 13.5. The Hall–Kier alpha value is -2.08. The smallest absolute Gasteiger partial charge is 0.261 e. The van der Waals surface area contributed by atoms with Crippen LogP contribution in [-0.2, 0) is 5.75 Å². The number of amides is 1. The molecule has 0 aliphatic heterocycles. The van der Waals surface area contributed by atoms with Crippen LogP contribution in [0.25, 0.3) is 0 Å². The van der Waals surface area contributed by atoms with Gasteiger partial charge in [-0.05, 0) is 55.7 Å². The Labute approximate surface area is 151 Å². The van der Waals surface area contributed by atoms with E-state index in [9.17, 15) is 14.0 Å². The maximum absolute atomic E-state index is 13.5. The zero-order valence-corrected chi connectivity index (χ0v) is 15.6. The summed E-state index contributed by atoms with van der Waals surface area (Å²) in [5.74, 6) is 0.877. The van der Waals surface area contributed by atoms with Crippen molar-refractivity contribution in [2.24, 2.45) is 0 Å². The van der Waals surface area contributed by atoms with Crippen LogP contribution in [0.5, 0.6) is 0 Å². The van der Waals surface area contributed by atoms with Crippen molar-refractivity contribution < 1.29 is 9.18 Å². The van der Waals surface area contributed by atoms with E-state index in [0.717, 1.165) is 23.4 Å². The second-order valence-electron chi connectivity index (χ2n) is 5.96.